The number of hydrogen-bond acceptors (Lipinski definition) is 4. The van der Waals surface area contributed by atoms with Crippen molar-refractivity contribution in [1.29, 1.82) is 0 Å². The summed E-state index contributed by atoms with van der Waals surface area (Å²) in [5, 5.41) is 0. The van der Waals surface area contributed by atoms with Gasteiger partial charge in [0.05, 0.1) is 21.3 Å². The molecule has 1 saturated carbocycles. The summed E-state index contributed by atoms with van der Waals surface area (Å²) >= 11 is 0. The molecule has 0 N–H and O–H groups in total. The van der Waals surface area contributed by atoms with E-state index in [2.05, 4.69) is 0 Å². The number of benzene rings is 2. The molecule has 0 amide bonds. The molecular weight excluding hydrogens is 328 g/mol. The third-order valence-corrected chi connectivity index (χ3v) is 5.14. The lowest BCUT2D eigenvalue weighted by atomic mass is 9.83. The van der Waals surface area contributed by atoms with E-state index >= 15 is 0 Å². The normalized spacial score (nSPS) is 14.7. The van der Waals surface area contributed by atoms with Crippen LogP contribution < -0.4 is 14.2 Å². The molecule has 0 aromatic heterocycles. The molecule has 0 radical (unpaired) electrons. The van der Waals surface area contributed by atoms with Crippen molar-refractivity contribution in [3.05, 3.63) is 42.0 Å². The predicted molar refractivity (Wildman–Crippen MR) is 102 cm³/mol. The highest BCUT2D eigenvalue weighted by atomic mass is 16.5. The zero-order chi connectivity index (χ0) is 18.5. The van der Waals surface area contributed by atoms with Crippen LogP contribution in [0, 0.1) is 5.92 Å². The van der Waals surface area contributed by atoms with Crippen LogP contribution in [-0.4, -0.2) is 27.1 Å². The topological polar surface area (TPSA) is 44.8 Å². The molecule has 0 heterocycles. The second-order valence-corrected chi connectivity index (χ2v) is 6.69. The van der Waals surface area contributed by atoms with Crippen molar-refractivity contribution in [3.8, 4) is 28.4 Å². The molecular formula is C22H26O4. The van der Waals surface area contributed by atoms with E-state index in [1.807, 2.05) is 36.4 Å². The van der Waals surface area contributed by atoms with Gasteiger partial charge in [-0.3, -0.25) is 4.79 Å². The van der Waals surface area contributed by atoms with Gasteiger partial charge < -0.3 is 14.2 Å². The van der Waals surface area contributed by atoms with Crippen molar-refractivity contribution in [3.63, 3.8) is 0 Å². The van der Waals surface area contributed by atoms with E-state index in [1.165, 1.54) is 19.3 Å². The highest BCUT2D eigenvalue weighted by molar-refractivity contribution is 5.98. The zero-order valence-electron chi connectivity index (χ0n) is 15.7. The average molecular weight is 354 g/mol. The highest BCUT2D eigenvalue weighted by Gasteiger charge is 2.22. The van der Waals surface area contributed by atoms with Crippen LogP contribution in [0.1, 0.15) is 42.5 Å². The van der Waals surface area contributed by atoms with Gasteiger partial charge in [-0.05, 0) is 36.1 Å². The molecule has 2 aromatic carbocycles. The molecule has 0 unspecified atom stereocenters. The minimum Gasteiger partial charge on any atom is -0.493 e. The van der Waals surface area contributed by atoms with Crippen LogP contribution in [-0.2, 0) is 0 Å². The lowest BCUT2D eigenvalue weighted by Crippen LogP contribution is -2.17. The fourth-order valence-electron chi connectivity index (χ4n) is 3.68. The Kier molecular flexibility index (Phi) is 5.82. The van der Waals surface area contributed by atoms with Gasteiger partial charge in [-0.25, -0.2) is 0 Å². The minimum absolute atomic E-state index is 0.191. The number of carbonyl (C=O) groups is 1. The van der Waals surface area contributed by atoms with Gasteiger partial charge in [0, 0.05) is 11.5 Å². The first-order valence-corrected chi connectivity index (χ1v) is 9.12. The molecule has 1 fully saturated rings. The molecule has 0 saturated heterocycles. The Hall–Kier alpha value is -2.49. The quantitative estimate of drug-likeness (QED) is 0.674. The number of ketones is 1. The standard InChI is InChI=1S/C22H26O4/c1-24-19-13-18(14-20(25-2)22(19)26-3)15-9-11-17(12-10-15)21(23)16-7-5-4-6-8-16/h9-14,16H,4-8H2,1-3H3. The molecule has 4 nitrogen and oxygen atoms in total. The molecule has 26 heavy (non-hydrogen) atoms. The lowest BCUT2D eigenvalue weighted by molar-refractivity contribution is 0.0889. The average Bonchev–Trinajstić information content (AvgIpc) is 2.72. The fraction of sp³-hybridized carbons (Fsp3) is 0.409. The van der Waals surface area contributed by atoms with E-state index in [-0.39, 0.29) is 11.7 Å². The molecule has 138 valence electrons. The maximum absolute atomic E-state index is 12.7. The number of rotatable bonds is 6. The van der Waals surface area contributed by atoms with Gasteiger partial charge >= 0.3 is 0 Å². The molecule has 2 aromatic rings. The van der Waals surface area contributed by atoms with Gasteiger partial charge in [0.1, 0.15) is 0 Å². The molecule has 0 spiro atoms. The number of hydrogen-bond donors (Lipinski definition) is 0. The van der Waals surface area contributed by atoms with E-state index < -0.39 is 0 Å². The van der Waals surface area contributed by atoms with Crippen LogP contribution in [0.5, 0.6) is 17.2 Å². The van der Waals surface area contributed by atoms with E-state index in [0.29, 0.717) is 17.2 Å². The Morgan fingerprint density at radius 1 is 0.808 bits per heavy atom. The summed E-state index contributed by atoms with van der Waals surface area (Å²) < 4.78 is 16.2. The number of ether oxygens (including phenoxy) is 3. The smallest absolute Gasteiger partial charge is 0.203 e. The molecule has 0 aliphatic heterocycles. The molecule has 3 rings (SSSR count). The summed E-state index contributed by atoms with van der Waals surface area (Å²) in [4.78, 5) is 12.7. The number of methoxy groups -OCH3 is 3. The van der Waals surface area contributed by atoms with Crippen molar-refractivity contribution in [2.75, 3.05) is 21.3 Å². The second kappa shape index (κ2) is 8.26. The molecule has 0 bridgehead atoms. The Morgan fingerprint density at radius 3 is 1.88 bits per heavy atom. The van der Waals surface area contributed by atoms with Crippen LogP contribution in [0.15, 0.2) is 36.4 Å². The Labute approximate surface area is 155 Å². The van der Waals surface area contributed by atoms with Crippen molar-refractivity contribution in [1.82, 2.24) is 0 Å². The van der Waals surface area contributed by atoms with E-state index in [9.17, 15) is 4.79 Å². The second-order valence-electron chi connectivity index (χ2n) is 6.69. The summed E-state index contributed by atoms with van der Waals surface area (Å²) in [6.45, 7) is 0. The van der Waals surface area contributed by atoms with Gasteiger partial charge in [0.2, 0.25) is 5.75 Å². The van der Waals surface area contributed by atoms with Crippen LogP contribution in [0.25, 0.3) is 11.1 Å². The third kappa shape index (κ3) is 3.69. The lowest BCUT2D eigenvalue weighted by Gasteiger charge is -2.20. The predicted octanol–water partition coefficient (Wildman–Crippen LogP) is 5.14. The summed E-state index contributed by atoms with van der Waals surface area (Å²) in [6.07, 6.45) is 5.63. The van der Waals surface area contributed by atoms with Gasteiger partial charge in [0.15, 0.2) is 17.3 Å². The summed E-state index contributed by atoms with van der Waals surface area (Å²) in [5.74, 6) is 2.27. The summed E-state index contributed by atoms with van der Waals surface area (Å²) in [6, 6.07) is 11.6. The first-order valence-electron chi connectivity index (χ1n) is 9.12. The van der Waals surface area contributed by atoms with Crippen molar-refractivity contribution in [2.24, 2.45) is 5.92 Å². The maximum Gasteiger partial charge on any atom is 0.203 e. The van der Waals surface area contributed by atoms with E-state index in [0.717, 1.165) is 29.5 Å². The molecule has 0 atom stereocenters. The van der Waals surface area contributed by atoms with Crippen LogP contribution in [0.2, 0.25) is 0 Å². The largest absolute Gasteiger partial charge is 0.493 e. The molecule has 1 aliphatic rings. The molecule has 4 heteroatoms. The maximum atomic E-state index is 12.7. The number of Topliss-reactive ketones (excluding diaryl/α,β-unsaturated/α-hetero) is 1. The van der Waals surface area contributed by atoms with E-state index in [4.69, 9.17) is 14.2 Å². The third-order valence-electron chi connectivity index (χ3n) is 5.14. The van der Waals surface area contributed by atoms with E-state index in [1.54, 1.807) is 21.3 Å². The SMILES string of the molecule is COc1cc(-c2ccc(C(=O)C3CCCCC3)cc2)cc(OC)c1OC. The van der Waals surface area contributed by atoms with Crippen molar-refractivity contribution < 1.29 is 19.0 Å². The monoisotopic (exact) mass is 354 g/mol. The fourth-order valence-corrected chi connectivity index (χ4v) is 3.68. The zero-order valence-corrected chi connectivity index (χ0v) is 15.7. The summed E-state index contributed by atoms with van der Waals surface area (Å²) in [7, 11) is 4.80. The van der Waals surface area contributed by atoms with Gasteiger partial charge in [0.25, 0.3) is 0 Å². The number of carbonyl (C=O) groups excluding carboxylic acids is 1. The van der Waals surface area contributed by atoms with Gasteiger partial charge in [-0.15, -0.1) is 0 Å². The molecule has 1 aliphatic carbocycles. The Morgan fingerprint density at radius 2 is 1.38 bits per heavy atom. The first-order chi connectivity index (χ1) is 12.7. The Bertz CT molecular complexity index is 733. The van der Waals surface area contributed by atoms with Gasteiger partial charge in [-0.1, -0.05) is 43.5 Å². The highest BCUT2D eigenvalue weighted by Crippen LogP contribution is 2.41. The van der Waals surface area contributed by atoms with Crippen LogP contribution in [0.3, 0.4) is 0 Å². The first kappa shape index (κ1) is 18.3. The van der Waals surface area contributed by atoms with Crippen molar-refractivity contribution >= 4 is 5.78 Å². The van der Waals surface area contributed by atoms with Crippen LogP contribution >= 0.6 is 0 Å². The summed E-state index contributed by atoms with van der Waals surface area (Å²) in [5.41, 5.74) is 2.76. The minimum atomic E-state index is 0.191. The van der Waals surface area contributed by atoms with Crippen LogP contribution in [0.4, 0.5) is 0 Å². The Balaban J connectivity index is 1.87. The van der Waals surface area contributed by atoms with Crippen molar-refractivity contribution in [2.45, 2.75) is 32.1 Å². The van der Waals surface area contributed by atoms with Gasteiger partial charge in [-0.2, -0.15) is 0 Å².